The number of fused-ring (bicyclic) bond motifs is 1. The first-order valence-electron chi connectivity index (χ1n) is 10.3. The Kier molecular flexibility index (Phi) is 6.52. The molecule has 1 aliphatic carbocycles. The molecule has 0 spiro atoms. The van der Waals surface area contributed by atoms with Gasteiger partial charge < -0.3 is 15.4 Å². The van der Waals surface area contributed by atoms with Crippen molar-refractivity contribution in [2.45, 2.75) is 51.7 Å². The largest absolute Gasteiger partial charge is 0.484 e. The normalized spacial score (nSPS) is 20.8. The van der Waals surface area contributed by atoms with Crippen molar-refractivity contribution < 1.29 is 4.74 Å². The van der Waals surface area contributed by atoms with Gasteiger partial charge >= 0.3 is 0 Å². The van der Waals surface area contributed by atoms with Gasteiger partial charge in [-0.05, 0) is 48.9 Å². The Labute approximate surface area is 167 Å². The second kappa shape index (κ2) is 9.06. The lowest BCUT2D eigenvalue weighted by molar-refractivity contribution is 0.176. The van der Waals surface area contributed by atoms with E-state index in [4.69, 9.17) is 21.3 Å². The molecule has 1 aromatic carbocycles. The molecular formula is C22H31N5O. The number of nitrogens with one attached hydrogen (secondary N) is 2. The van der Waals surface area contributed by atoms with Crippen molar-refractivity contribution in [3.63, 3.8) is 0 Å². The lowest BCUT2D eigenvalue weighted by Gasteiger charge is -2.30. The molecular weight excluding hydrogens is 350 g/mol. The van der Waals surface area contributed by atoms with Crippen molar-refractivity contribution >= 4 is 5.96 Å². The summed E-state index contributed by atoms with van der Waals surface area (Å²) in [4.78, 5) is 2.01. The number of ether oxygens (including phenoxy) is 1. The van der Waals surface area contributed by atoms with Crippen LogP contribution in [0.3, 0.4) is 0 Å². The number of nitrogens with zero attached hydrogens (tertiary/aromatic N) is 2. The summed E-state index contributed by atoms with van der Waals surface area (Å²) in [7, 11) is 0. The number of nitrogens with two attached hydrogens (primary N) is 1. The molecule has 6 heteroatoms. The monoisotopic (exact) mass is 381 g/mol. The number of benzene rings is 1. The van der Waals surface area contributed by atoms with E-state index in [2.05, 4.69) is 12.1 Å². The third-order valence-electron chi connectivity index (χ3n) is 5.32. The number of hydrogen-bond donors (Lipinski definition) is 3. The molecule has 2 aromatic rings. The van der Waals surface area contributed by atoms with Crippen LogP contribution in [0.2, 0.25) is 0 Å². The van der Waals surface area contributed by atoms with E-state index < -0.39 is 0 Å². The molecule has 0 saturated carbocycles. The van der Waals surface area contributed by atoms with E-state index in [-0.39, 0.29) is 12.1 Å². The van der Waals surface area contributed by atoms with Gasteiger partial charge in [0.05, 0.1) is 6.20 Å². The zero-order valence-corrected chi connectivity index (χ0v) is 16.8. The third kappa shape index (κ3) is 4.12. The van der Waals surface area contributed by atoms with Gasteiger partial charge in [-0.25, -0.2) is 0 Å². The van der Waals surface area contributed by atoms with Crippen LogP contribution in [0.15, 0.2) is 42.6 Å². The van der Waals surface area contributed by atoms with Crippen molar-refractivity contribution in [2.24, 2.45) is 5.73 Å². The van der Waals surface area contributed by atoms with Crippen LogP contribution < -0.4 is 16.0 Å². The molecule has 150 valence electrons. The Bertz CT molecular complexity index is 869. The van der Waals surface area contributed by atoms with Gasteiger partial charge in [0.25, 0.3) is 0 Å². The number of likely N-dealkylation sites (tertiary alicyclic amines) is 1. The summed E-state index contributed by atoms with van der Waals surface area (Å²) in [6.07, 6.45) is 5.68. The van der Waals surface area contributed by atoms with Crippen molar-refractivity contribution in [3.05, 3.63) is 59.2 Å². The summed E-state index contributed by atoms with van der Waals surface area (Å²) < 4.78 is 7.86. The molecule has 6 nitrogen and oxygen atoms in total. The van der Waals surface area contributed by atoms with Gasteiger partial charge in [-0.2, -0.15) is 0 Å². The van der Waals surface area contributed by atoms with Gasteiger partial charge in [0.2, 0.25) is 5.96 Å². The molecule has 0 radical (unpaired) electrons. The minimum Gasteiger partial charge on any atom is -0.484 e. The second-order valence-corrected chi connectivity index (χ2v) is 7.06. The Morgan fingerprint density at radius 2 is 1.71 bits per heavy atom. The maximum Gasteiger partial charge on any atom is 0.203 e. The van der Waals surface area contributed by atoms with Gasteiger partial charge in [-0.15, -0.1) is 0 Å². The summed E-state index contributed by atoms with van der Waals surface area (Å²) in [5.74, 6) is 1.03. The van der Waals surface area contributed by atoms with E-state index in [1.807, 2.05) is 36.9 Å². The molecule has 1 saturated heterocycles. The van der Waals surface area contributed by atoms with Gasteiger partial charge in [0, 0.05) is 19.1 Å². The van der Waals surface area contributed by atoms with Crippen LogP contribution in [0.1, 0.15) is 62.8 Å². The van der Waals surface area contributed by atoms with E-state index in [1.54, 1.807) is 16.8 Å². The summed E-state index contributed by atoms with van der Waals surface area (Å²) in [6, 6.07) is 11.8. The average molecular weight is 382 g/mol. The molecule has 4 rings (SSSR count). The van der Waals surface area contributed by atoms with E-state index >= 15 is 0 Å². The van der Waals surface area contributed by atoms with Crippen LogP contribution in [-0.4, -0.2) is 28.5 Å². The standard InChI is InChI=1S/C20H25N5O.C2H6/c21-17-8-9-18(16-6-2-1-5-15(16)17)26-14-7-10-19(22)25(13-14)20(23)24-11-3-4-12-24;1-2/h1-2,5-7,10,13,17-18,22-23H,3-4,8-9,11-12,21H2;1-2H3/t17?,18-;/m1./s1. The Hall–Kier alpha value is -2.60. The molecule has 0 amide bonds. The Balaban J connectivity index is 0.00000109. The van der Waals surface area contributed by atoms with Gasteiger partial charge in [-0.3, -0.25) is 15.4 Å². The number of aromatic nitrogens is 1. The Morgan fingerprint density at radius 3 is 2.43 bits per heavy atom. The quantitative estimate of drug-likeness (QED) is 0.546. The van der Waals surface area contributed by atoms with Crippen molar-refractivity contribution in [1.82, 2.24) is 9.47 Å². The first-order valence-corrected chi connectivity index (χ1v) is 10.3. The van der Waals surface area contributed by atoms with Crippen LogP contribution in [0.25, 0.3) is 0 Å². The zero-order chi connectivity index (χ0) is 20.1. The highest BCUT2D eigenvalue weighted by atomic mass is 16.5. The maximum atomic E-state index is 8.42. The summed E-state index contributed by atoms with van der Waals surface area (Å²) >= 11 is 0. The predicted octanol–water partition coefficient (Wildman–Crippen LogP) is 3.79. The lowest BCUT2D eigenvalue weighted by Crippen LogP contribution is -2.38. The topological polar surface area (TPSA) is 91.1 Å². The highest BCUT2D eigenvalue weighted by molar-refractivity contribution is 5.79. The third-order valence-corrected chi connectivity index (χ3v) is 5.32. The first kappa shape index (κ1) is 20.1. The number of hydrogen-bond acceptors (Lipinski definition) is 4. The number of rotatable bonds is 2. The first-order chi connectivity index (χ1) is 13.6. The zero-order valence-electron chi connectivity index (χ0n) is 16.8. The van der Waals surface area contributed by atoms with E-state index in [0.717, 1.165) is 49.9 Å². The molecule has 0 bridgehead atoms. The van der Waals surface area contributed by atoms with Crippen LogP contribution in [0, 0.1) is 10.8 Å². The van der Waals surface area contributed by atoms with Crippen LogP contribution >= 0.6 is 0 Å². The molecule has 4 N–H and O–H groups in total. The predicted molar refractivity (Wildman–Crippen MR) is 112 cm³/mol. The van der Waals surface area contributed by atoms with Crippen molar-refractivity contribution in [2.75, 3.05) is 13.1 Å². The fourth-order valence-corrected chi connectivity index (χ4v) is 3.88. The highest BCUT2D eigenvalue weighted by Gasteiger charge is 2.26. The molecule has 1 aliphatic heterocycles. The van der Waals surface area contributed by atoms with Gasteiger partial charge in [0.1, 0.15) is 17.3 Å². The van der Waals surface area contributed by atoms with Crippen LogP contribution in [0.4, 0.5) is 0 Å². The van der Waals surface area contributed by atoms with E-state index in [1.165, 1.54) is 0 Å². The smallest absolute Gasteiger partial charge is 0.203 e. The molecule has 2 atom stereocenters. The van der Waals surface area contributed by atoms with Crippen molar-refractivity contribution in [3.8, 4) is 5.75 Å². The molecule has 1 aromatic heterocycles. The van der Waals surface area contributed by atoms with E-state index in [9.17, 15) is 0 Å². The minimum atomic E-state index is -0.0444. The van der Waals surface area contributed by atoms with Crippen LogP contribution in [-0.2, 0) is 0 Å². The van der Waals surface area contributed by atoms with E-state index in [0.29, 0.717) is 17.2 Å². The SMILES string of the molecule is CC.N=C(N1CCCC1)n1cc(O[C@@H]2CCC(N)c3ccccc32)ccc1=N. The fraction of sp³-hybridized carbons (Fsp3) is 0.455. The van der Waals surface area contributed by atoms with Gasteiger partial charge in [0.15, 0.2) is 0 Å². The maximum absolute atomic E-state index is 8.42. The molecule has 28 heavy (non-hydrogen) atoms. The minimum absolute atomic E-state index is 0.0444. The molecule has 1 fully saturated rings. The molecule has 1 unspecified atom stereocenters. The number of pyridine rings is 1. The van der Waals surface area contributed by atoms with Crippen LogP contribution in [0.5, 0.6) is 5.75 Å². The average Bonchev–Trinajstić information content (AvgIpc) is 3.27. The van der Waals surface area contributed by atoms with Crippen molar-refractivity contribution in [1.29, 1.82) is 10.8 Å². The summed E-state index contributed by atoms with van der Waals surface area (Å²) in [5.41, 5.74) is 8.82. The fourth-order valence-electron chi connectivity index (χ4n) is 3.88. The molecule has 2 aliphatic rings. The van der Waals surface area contributed by atoms with Gasteiger partial charge in [-0.1, -0.05) is 38.1 Å². The lowest BCUT2D eigenvalue weighted by atomic mass is 9.86. The summed E-state index contributed by atoms with van der Waals surface area (Å²) in [5, 5.41) is 16.6. The molecule has 2 heterocycles. The highest BCUT2D eigenvalue weighted by Crippen LogP contribution is 2.37. The Morgan fingerprint density at radius 1 is 1.04 bits per heavy atom. The second-order valence-electron chi connectivity index (χ2n) is 7.06. The summed E-state index contributed by atoms with van der Waals surface area (Å²) in [6.45, 7) is 5.76.